The van der Waals surface area contributed by atoms with Crippen LogP contribution in [-0.2, 0) is 18.3 Å². The van der Waals surface area contributed by atoms with Gasteiger partial charge in [-0.2, -0.15) is 23.5 Å². The van der Waals surface area contributed by atoms with Crippen molar-refractivity contribution in [1.82, 2.24) is 49.4 Å². The van der Waals surface area contributed by atoms with Crippen LogP contribution >= 0.6 is 0 Å². The number of nitrogens with zero attached hydrogens (tertiary/aromatic N) is 10. The minimum atomic E-state index is -4.59. The predicted octanol–water partition coefficient (Wildman–Crippen LogP) is 4.19. The van der Waals surface area contributed by atoms with E-state index in [1.807, 2.05) is 23.1 Å². The number of fused-ring (bicyclic) bond motifs is 1. The summed E-state index contributed by atoms with van der Waals surface area (Å²) in [5.41, 5.74) is 1.41. The highest BCUT2D eigenvalue weighted by Gasteiger charge is 2.49. The third-order valence-corrected chi connectivity index (χ3v) is 8.60. The Morgan fingerprint density at radius 1 is 1.11 bits per heavy atom. The second-order valence-electron chi connectivity index (χ2n) is 11.4. The van der Waals surface area contributed by atoms with Crippen molar-refractivity contribution in [2.45, 2.75) is 62.5 Å². The molecule has 1 N–H and O–H groups in total. The van der Waals surface area contributed by atoms with Crippen molar-refractivity contribution in [3.8, 4) is 23.2 Å². The molecule has 0 bridgehead atoms. The number of aromatic amines is 1. The van der Waals surface area contributed by atoms with Crippen LogP contribution in [0.2, 0.25) is 0 Å². The van der Waals surface area contributed by atoms with Gasteiger partial charge >= 0.3 is 6.18 Å². The molecule has 0 aromatic carbocycles. The van der Waals surface area contributed by atoms with Gasteiger partial charge in [-0.3, -0.25) is 9.58 Å². The zero-order chi connectivity index (χ0) is 30.3. The van der Waals surface area contributed by atoms with Gasteiger partial charge in [-0.25, -0.2) is 15.0 Å². The first-order valence-electron chi connectivity index (χ1n) is 14.3. The Hall–Kier alpha value is -4.84. The van der Waals surface area contributed by atoms with Crippen molar-refractivity contribution in [2.24, 2.45) is 0 Å². The molecular formula is C29H28F3N11O. The van der Waals surface area contributed by atoms with Crippen molar-refractivity contribution >= 4 is 11.0 Å². The number of nitriles is 1. The van der Waals surface area contributed by atoms with Crippen molar-refractivity contribution in [2.75, 3.05) is 13.1 Å². The maximum Gasteiger partial charge on any atom is 0.433 e. The Morgan fingerprint density at radius 3 is 2.66 bits per heavy atom. The normalized spacial score (nSPS) is 21.3. The molecule has 0 radical (unpaired) electrons. The largest absolute Gasteiger partial charge is 0.474 e. The van der Waals surface area contributed by atoms with E-state index in [2.05, 4.69) is 46.2 Å². The summed E-state index contributed by atoms with van der Waals surface area (Å²) in [6.45, 7) is 1.65. The van der Waals surface area contributed by atoms with E-state index in [1.165, 1.54) is 19.0 Å². The van der Waals surface area contributed by atoms with Crippen LogP contribution in [-0.4, -0.2) is 74.6 Å². The molecule has 44 heavy (non-hydrogen) atoms. The predicted molar refractivity (Wildman–Crippen MR) is 150 cm³/mol. The van der Waals surface area contributed by atoms with E-state index in [1.54, 1.807) is 16.8 Å². The fourth-order valence-electron chi connectivity index (χ4n) is 6.34. The summed E-state index contributed by atoms with van der Waals surface area (Å²) in [4.78, 5) is 18.0. The smallest absolute Gasteiger partial charge is 0.433 e. The number of pyridine rings is 1. The second kappa shape index (κ2) is 11.0. The highest BCUT2D eigenvalue weighted by molar-refractivity contribution is 5.90. The van der Waals surface area contributed by atoms with E-state index >= 15 is 0 Å². The number of rotatable bonds is 8. The molecule has 7 rings (SSSR count). The van der Waals surface area contributed by atoms with E-state index in [-0.39, 0.29) is 24.6 Å². The van der Waals surface area contributed by atoms with Crippen LogP contribution < -0.4 is 4.74 Å². The molecule has 1 aliphatic heterocycles. The van der Waals surface area contributed by atoms with Gasteiger partial charge in [0.1, 0.15) is 36.4 Å². The molecule has 0 unspecified atom stereocenters. The van der Waals surface area contributed by atoms with Crippen LogP contribution in [0.25, 0.3) is 22.3 Å². The number of alkyl halides is 3. The van der Waals surface area contributed by atoms with Crippen molar-refractivity contribution in [3.63, 3.8) is 0 Å². The molecule has 5 aromatic rings. The van der Waals surface area contributed by atoms with Gasteiger partial charge in [0.05, 0.1) is 36.5 Å². The number of H-pyrrole nitrogens is 1. The maximum absolute atomic E-state index is 13.6. The molecule has 6 heterocycles. The lowest BCUT2D eigenvalue weighted by Crippen LogP contribution is -2.58. The first-order valence-corrected chi connectivity index (χ1v) is 14.3. The van der Waals surface area contributed by atoms with Gasteiger partial charge in [-0.05, 0) is 43.4 Å². The summed E-state index contributed by atoms with van der Waals surface area (Å²) in [6.07, 6.45) is 8.34. The number of nitrogens with one attached hydrogen (secondary N) is 1. The van der Waals surface area contributed by atoms with Crippen LogP contribution in [0.1, 0.15) is 43.4 Å². The molecule has 0 amide bonds. The van der Waals surface area contributed by atoms with Gasteiger partial charge in [0, 0.05) is 48.5 Å². The Kier molecular flexibility index (Phi) is 7.00. The number of piperidine rings is 1. The first kappa shape index (κ1) is 28.0. The lowest BCUT2D eigenvalue weighted by atomic mass is 9.69. The summed E-state index contributed by atoms with van der Waals surface area (Å²) >= 11 is 0. The topological polar surface area (TPSA) is 139 Å². The average Bonchev–Trinajstić information content (AvgIpc) is 3.77. The van der Waals surface area contributed by atoms with Crippen LogP contribution in [0.3, 0.4) is 0 Å². The van der Waals surface area contributed by atoms with Crippen LogP contribution in [0.15, 0.2) is 55.8 Å². The molecule has 1 saturated carbocycles. The monoisotopic (exact) mass is 603 g/mol. The van der Waals surface area contributed by atoms with Gasteiger partial charge in [0.25, 0.3) is 0 Å². The Labute approximate surface area is 249 Å². The van der Waals surface area contributed by atoms with E-state index in [9.17, 15) is 18.4 Å². The number of hydrogen-bond acceptors (Lipinski definition) is 9. The second-order valence-corrected chi connectivity index (χ2v) is 11.4. The molecule has 226 valence electrons. The van der Waals surface area contributed by atoms with Crippen molar-refractivity contribution in [1.29, 1.82) is 5.26 Å². The molecule has 1 aliphatic carbocycles. The third kappa shape index (κ3) is 5.37. The molecule has 0 atom stereocenters. The quantitative estimate of drug-likeness (QED) is 0.277. The van der Waals surface area contributed by atoms with Gasteiger partial charge in [-0.15, -0.1) is 10.2 Å². The van der Waals surface area contributed by atoms with E-state index in [0.717, 1.165) is 54.3 Å². The van der Waals surface area contributed by atoms with Gasteiger partial charge < -0.3 is 14.3 Å². The maximum atomic E-state index is 13.6. The molecule has 15 heteroatoms. The highest BCUT2D eigenvalue weighted by atomic mass is 19.4. The van der Waals surface area contributed by atoms with Gasteiger partial charge in [-0.1, -0.05) is 0 Å². The number of halogens is 3. The standard InChI is InChI=1S/C29H28F3N11O/c30-29(31,32)24-9-19(14-41-17-37-38-18-41)10-25(40-24)44-22-2-7-42(8-3-22)21-11-28(12-21,4-5-33)43-15-20(13-39-43)26-23-1-6-34-27(23)36-16-35-26/h1,6,9-10,13,15-18,21-22H,2-4,7-8,11-12,14H2,(H,34,35,36). The SMILES string of the molecule is N#CCC1(n2cc(-c3ncnc4[nH]ccc34)cn2)CC(N2CCC(Oc3cc(Cn4cnnc4)cc(C(F)(F)F)n3)CC2)C1. The molecule has 12 nitrogen and oxygen atoms in total. The Bertz CT molecular complexity index is 1790. The summed E-state index contributed by atoms with van der Waals surface area (Å²) in [5, 5.41) is 22.6. The summed E-state index contributed by atoms with van der Waals surface area (Å²) in [6, 6.07) is 7.12. The minimum Gasteiger partial charge on any atom is -0.474 e. The number of aromatic nitrogens is 9. The molecule has 1 saturated heterocycles. The number of hydrogen-bond donors (Lipinski definition) is 1. The highest BCUT2D eigenvalue weighted by Crippen LogP contribution is 2.45. The number of likely N-dealkylation sites (tertiary alicyclic amines) is 1. The third-order valence-electron chi connectivity index (χ3n) is 8.60. The zero-order valence-electron chi connectivity index (χ0n) is 23.5. The molecule has 2 fully saturated rings. The zero-order valence-corrected chi connectivity index (χ0v) is 23.5. The average molecular weight is 604 g/mol. The molecule has 2 aliphatic rings. The number of ether oxygens (including phenoxy) is 1. The minimum absolute atomic E-state index is 0.0341. The van der Waals surface area contributed by atoms with Gasteiger partial charge in [0.15, 0.2) is 0 Å². The lowest BCUT2D eigenvalue weighted by molar-refractivity contribution is -0.141. The van der Waals surface area contributed by atoms with E-state index in [4.69, 9.17) is 4.74 Å². The summed E-state index contributed by atoms with van der Waals surface area (Å²) in [7, 11) is 0. The van der Waals surface area contributed by atoms with Crippen molar-refractivity contribution in [3.05, 3.63) is 67.0 Å². The summed E-state index contributed by atoms with van der Waals surface area (Å²) in [5.74, 6) is -0.0341. The molecule has 5 aromatic heterocycles. The van der Waals surface area contributed by atoms with Gasteiger partial charge in [0.2, 0.25) is 5.88 Å². The van der Waals surface area contributed by atoms with Crippen LogP contribution in [0.5, 0.6) is 5.88 Å². The van der Waals surface area contributed by atoms with E-state index < -0.39 is 17.4 Å². The first-order chi connectivity index (χ1) is 21.3. The molecular weight excluding hydrogens is 575 g/mol. The van der Waals surface area contributed by atoms with Crippen molar-refractivity contribution < 1.29 is 17.9 Å². The Balaban J connectivity index is 0.994. The molecule has 0 spiro atoms. The van der Waals surface area contributed by atoms with Crippen LogP contribution in [0, 0.1) is 11.3 Å². The lowest BCUT2D eigenvalue weighted by Gasteiger charge is -2.52. The van der Waals surface area contributed by atoms with E-state index in [0.29, 0.717) is 24.8 Å². The van der Waals surface area contributed by atoms with Crippen LogP contribution in [0.4, 0.5) is 13.2 Å². The fourth-order valence-corrected chi connectivity index (χ4v) is 6.34. The Morgan fingerprint density at radius 2 is 1.91 bits per heavy atom. The summed E-state index contributed by atoms with van der Waals surface area (Å²) < 4.78 is 50.2. The fraction of sp³-hybridized carbons (Fsp3) is 0.414.